The van der Waals surface area contributed by atoms with E-state index in [1.54, 1.807) is 29.1 Å². The number of ether oxygens (including phenoxy) is 1. The molecule has 2 aliphatic heterocycles. The summed E-state index contributed by atoms with van der Waals surface area (Å²) in [5.41, 5.74) is -5.65. The molecule has 0 aromatic carbocycles. The second kappa shape index (κ2) is 8.86. The Kier molecular flexibility index (Phi) is 7.11. The van der Waals surface area contributed by atoms with Crippen molar-refractivity contribution in [3.05, 3.63) is 30.6 Å². The lowest BCUT2D eigenvalue weighted by atomic mass is 9.96. The molecule has 1 unspecified atom stereocenters. The minimum atomic E-state index is -6.09. The van der Waals surface area contributed by atoms with Crippen molar-refractivity contribution in [3.8, 4) is 0 Å². The number of nitrogens with zero attached hydrogens (tertiary/aromatic N) is 2. The molecule has 17 heteroatoms. The van der Waals surface area contributed by atoms with E-state index >= 15 is 0 Å². The van der Waals surface area contributed by atoms with Crippen LogP contribution < -0.4 is 4.57 Å². The maximum Gasteiger partial charge on any atom is 0.485 e. The van der Waals surface area contributed by atoms with Crippen molar-refractivity contribution in [2.45, 2.75) is 41.6 Å². The van der Waals surface area contributed by atoms with Gasteiger partial charge in [0.15, 0.2) is 56.3 Å². The number of aromatic nitrogens is 1. The number of carboxylic acid groups (broad SMARTS) is 1. The standard InChI is InChI=1S/C15H16N2O7S.CHF3O3S/c1-15(14(21)24-8-7-16-5-3-2-4-6-16)12(13(19)20)17-10(18)9-11(17)25(15,22)23;2-1(3,4)8(5,6)7/h2-6,11-12H,7-9H2,1H3;(H,5,6,7)/t11?,12-,15+;/m0./s1. The fourth-order valence-electron chi connectivity index (χ4n) is 3.23. The van der Waals surface area contributed by atoms with Gasteiger partial charge in [0, 0.05) is 12.1 Å². The van der Waals surface area contributed by atoms with E-state index < -0.39 is 59.5 Å². The summed E-state index contributed by atoms with van der Waals surface area (Å²) in [6, 6.07) is 3.59. The van der Waals surface area contributed by atoms with Crippen LogP contribution in [-0.2, 0) is 45.6 Å². The van der Waals surface area contributed by atoms with Gasteiger partial charge in [0.1, 0.15) is 5.37 Å². The van der Waals surface area contributed by atoms with Crippen LogP contribution in [0.2, 0.25) is 0 Å². The first-order chi connectivity index (χ1) is 15.0. The van der Waals surface area contributed by atoms with Crippen molar-refractivity contribution in [1.29, 1.82) is 0 Å². The number of carbonyl (C=O) groups is 3. The number of amides is 1. The van der Waals surface area contributed by atoms with E-state index in [0.717, 1.165) is 11.8 Å². The van der Waals surface area contributed by atoms with E-state index in [0.29, 0.717) is 0 Å². The Morgan fingerprint density at radius 3 is 2.24 bits per heavy atom. The molecule has 1 aromatic rings. The van der Waals surface area contributed by atoms with Gasteiger partial charge in [-0.2, -0.15) is 13.2 Å². The molecule has 0 spiro atoms. The average Bonchev–Trinajstić information content (AvgIpc) is 2.83. The molecule has 1 aromatic heterocycles. The molecule has 3 rings (SSSR count). The third-order valence-electron chi connectivity index (χ3n) is 4.98. The molecule has 2 saturated heterocycles. The second-order valence-corrected chi connectivity index (χ2v) is 10.9. The number of fused-ring (bicyclic) bond motifs is 1. The molecule has 2 aliphatic rings. The first-order valence-electron chi connectivity index (χ1n) is 8.87. The van der Waals surface area contributed by atoms with Crippen LogP contribution in [0.5, 0.6) is 0 Å². The van der Waals surface area contributed by atoms with Crippen LogP contribution in [0, 0.1) is 0 Å². The van der Waals surface area contributed by atoms with Crippen molar-refractivity contribution in [1.82, 2.24) is 4.90 Å². The van der Waals surface area contributed by atoms with Gasteiger partial charge in [-0.3, -0.25) is 9.59 Å². The van der Waals surface area contributed by atoms with Gasteiger partial charge in [-0.05, 0) is 6.92 Å². The zero-order valence-corrected chi connectivity index (χ0v) is 18.3. The first-order valence-corrected chi connectivity index (χ1v) is 11.8. The Morgan fingerprint density at radius 2 is 1.82 bits per heavy atom. The summed E-state index contributed by atoms with van der Waals surface area (Å²) >= 11 is 0. The molecule has 3 heterocycles. The van der Waals surface area contributed by atoms with Gasteiger partial charge in [-0.25, -0.2) is 26.2 Å². The number of carbonyl (C=O) groups excluding carboxylic acids is 2. The maximum absolute atomic E-state index is 12.6. The molecule has 0 saturated carbocycles. The summed E-state index contributed by atoms with van der Waals surface area (Å²) in [5.74, 6) is -3.30. The highest BCUT2D eigenvalue weighted by Gasteiger charge is 2.73. The number of aliphatic carboxylic acids is 1. The van der Waals surface area contributed by atoms with E-state index in [1.807, 2.05) is 6.07 Å². The van der Waals surface area contributed by atoms with Gasteiger partial charge in [0.2, 0.25) is 5.91 Å². The van der Waals surface area contributed by atoms with Crippen molar-refractivity contribution in [2.24, 2.45) is 0 Å². The highest BCUT2D eigenvalue weighted by atomic mass is 32.2. The smallest absolute Gasteiger partial charge is 0.485 e. The van der Waals surface area contributed by atoms with Crippen LogP contribution in [0.4, 0.5) is 13.2 Å². The van der Waals surface area contributed by atoms with Gasteiger partial charge < -0.3 is 19.3 Å². The lowest BCUT2D eigenvalue weighted by Crippen LogP contribution is -2.59. The highest BCUT2D eigenvalue weighted by Crippen LogP contribution is 2.46. The quantitative estimate of drug-likeness (QED) is 0.163. The molecule has 3 atom stereocenters. The number of sulfone groups is 1. The monoisotopic (exact) mass is 518 g/mol. The number of hydrogen-bond acceptors (Lipinski definition) is 9. The predicted octanol–water partition coefficient (Wildman–Crippen LogP) is -1.23. The van der Waals surface area contributed by atoms with E-state index in [9.17, 15) is 41.1 Å². The molecule has 0 aliphatic carbocycles. The van der Waals surface area contributed by atoms with Crippen LogP contribution >= 0.6 is 0 Å². The zero-order valence-electron chi connectivity index (χ0n) is 16.6. The van der Waals surface area contributed by atoms with Gasteiger partial charge in [-0.15, -0.1) is 0 Å². The van der Waals surface area contributed by atoms with Gasteiger partial charge >= 0.3 is 17.4 Å². The van der Waals surface area contributed by atoms with Gasteiger partial charge in [0.05, 0.1) is 6.42 Å². The number of halogens is 3. The van der Waals surface area contributed by atoms with Crippen LogP contribution in [0.25, 0.3) is 0 Å². The van der Waals surface area contributed by atoms with Crippen molar-refractivity contribution in [3.63, 3.8) is 0 Å². The Labute approximate surface area is 185 Å². The predicted molar refractivity (Wildman–Crippen MR) is 97.3 cm³/mol. The fourth-order valence-corrected chi connectivity index (χ4v) is 5.51. The Bertz CT molecular complexity index is 1150. The van der Waals surface area contributed by atoms with Crippen LogP contribution in [0.3, 0.4) is 0 Å². The summed E-state index contributed by atoms with van der Waals surface area (Å²) < 4.78 is 88.7. The second-order valence-electron chi connectivity index (χ2n) is 7.00. The van der Waals surface area contributed by atoms with Crippen molar-refractivity contribution >= 4 is 37.8 Å². The number of alkyl halides is 3. The van der Waals surface area contributed by atoms with Crippen LogP contribution in [0.15, 0.2) is 30.6 Å². The number of carboxylic acids is 1. The van der Waals surface area contributed by atoms with E-state index in [1.165, 1.54) is 0 Å². The summed E-state index contributed by atoms with van der Waals surface area (Å²) in [6.07, 6.45) is 3.17. The Balaban J connectivity index is 0.000000414. The average molecular weight is 518 g/mol. The number of pyridine rings is 1. The summed E-state index contributed by atoms with van der Waals surface area (Å²) in [7, 11) is -10.3. The third-order valence-corrected chi connectivity index (χ3v) is 8.23. The van der Waals surface area contributed by atoms with Gasteiger partial charge in [0.25, 0.3) is 0 Å². The molecule has 1 N–H and O–H groups in total. The van der Waals surface area contributed by atoms with E-state index in [-0.39, 0.29) is 19.6 Å². The molecule has 12 nitrogen and oxygen atoms in total. The molecular weight excluding hydrogens is 501 g/mol. The first kappa shape index (κ1) is 26.5. The van der Waals surface area contributed by atoms with Crippen molar-refractivity contribution in [2.75, 3.05) is 6.61 Å². The highest BCUT2D eigenvalue weighted by molar-refractivity contribution is 7.94. The summed E-state index contributed by atoms with van der Waals surface area (Å²) in [6.45, 7) is 1.18. The number of rotatable bonds is 5. The minimum absolute atomic E-state index is 0.121. The molecule has 0 radical (unpaired) electrons. The van der Waals surface area contributed by atoms with Crippen LogP contribution in [0.1, 0.15) is 13.3 Å². The normalized spacial score (nSPS) is 25.8. The fraction of sp³-hybridized carbons (Fsp3) is 0.500. The summed E-state index contributed by atoms with van der Waals surface area (Å²) in [4.78, 5) is 36.5. The third kappa shape index (κ3) is 4.79. The van der Waals surface area contributed by atoms with Gasteiger partial charge in [-0.1, -0.05) is 6.07 Å². The molecular formula is C16H17F3N2O10S2. The topological polar surface area (TPSA) is 179 Å². The SMILES string of the molecule is C[C@]1(C(=O)OCC[n+]2ccccc2)[C@H](C(=O)O)N2C(=O)CC2S1(=O)=O.O=S(=O)([O-])C(F)(F)F. The molecule has 184 valence electrons. The lowest BCUT2D eigenvalue weighted by molar-refractivity contribution is -0.697. The molecule has 2 fully saturated rings. The number of hydrogen-bond donors (Lipinski definition) is 1. The minimum Gasteiger partial charge on any atom is -0.741 e. The van der Waals surface area contributed by atoms with Crippen LogP contribution in [-0.4, -0.2) is 77.5 Å². The molecule has 1 amide bonds. The Hall–Kier alpha value is -2.79. The maximum atomic E-state index is 12.6. The van der Waals surface area contributed by atoms with E-state index in [4.69, 9.17) is 17.7 Å². The molecule has 0 bridgehead atoms. The Morgan fingerprint density at radius 1 is 1.30 bits per heavy atom. The van der Waals surface area contributed by atoms with E-state index in [2.05, 4.69) is 0 Å². The number of esters is 1. The number of β-lactam (4-membered cyclic amide) rings is 1. The largest absolute Gasteiger partial charge is 0.741 e. The summed E-state index contributed by atoms with van der Waals surface area (Å²) in [5, 5.41) is 8.13. The zero-order chi connectivity index (χ0) is 25.4. The van der Waals surface area contributed by atoms with Crippen molar-refractivity contribution < 1.29 is 63.4 Å². The molecule has 33 heavy (non-hydrogen) atoms. The lowest BCUT2D eigenvalue weighted by Gasteiger charge is -2.35.